The number of nitrogens with one attached hydrogen (secondary N) is 1. The lowest BCUT2D eigenvalue weighted by Crippen LogP contribution is -2.43. The van der Waals surface area contributed by atoms with Crippen LogP contribution in [0.1, 0.15) is 25.3 Å². The average molecular weight is 426 g/mol. The number of benzene rings is 1. The third-order valence-electron chi connectivity index (χ3n) is 5.24. The molecule has 0 spiro atoms. The van der Waals surface area contributed by atoms with Gasteiger partial charge in [-0.15, -0.1) is 10.2 Å². The molecule has 158 valence electrons. The van der Waals surface area contributed by atoms with Gasteiger partial charge in [0.1, 0.15) is 5.75 Å². The summed E-state index contributed by atoms with van der Waals surface area (Å²) in [6.07, 6.45) is 6.62. The van der Waals surface area contributed by atoms with Crippen molar-refractivity contribution in [2.75, 3.05) is 31.1 Å². The van der Waals surface area contributed by atoms with Gasteiger partial charge in [0.05, 0.1) is 12.5 Å². The fourth-order valence-electron chi connectivity index (χ4n) is 3.66. The summed E-state index contributed by atoms with van der Waals surface area (Å²) in [6, 6.07) is 12.0. The number of aromatic nitrogens is 3. The molecule has 3 heterocycles. The van der Waals surface area contributed by atoms with Crippen LogP contribution in [-0.2, 0) is 11.2 Å². The zero-order chi connectivity index (χ0) is 20.8. The van der Waals surface area contributed by atoms with Crippen LogP contribution in [0.25, 0.3) is 5.13 Å². The van der Waals surface area contributed by atoms with E-state index in [1.807, 2.05) is 48.1 Å². The van der Waals surface area contributed by atoms with Crippen molar-refractivity contribution in [1.29, 1.82) is 0 Å². The van der Waals surface area contributed by atoms with E-state index in [9.17, 15) is 4.79 Å². The van der Waals surface area contributed by atoms with Gasteiger partial charge in [-0.05, 0) is 56.0 Å². The molecular formula is C22H27N5O2S. The number of rotatable bonds is 8. The first-order valence-electron chi connectivity index (χ1n) is 10.4. The first-order chi connectivity index (χ1) is 14.7. The summed E-state index contributed by atoms with van der Waals surface area (Å²) in [4.78, 5) is 14.9. The smallest absolute Gasteiger partial charge is 0.224 e. The van der Waals surface area contributed by atoms with Crippen molar-refractivity contribution in [2.45, 2.75) is 26.2 Å². The summed E-state index contributed by atoms with van der Waals surface area (Å²) in [5.41, 5.74) is 1.19. The number of carbonyl (C=O) groups excluding carboxylic acids is 1. The molecule has 7 nitrogen and oxygen atoms in total. The van der Waals surface area contributed by atoms with E-state index in [0.29, 0.717) is 19.7 Å². The van der Waals surface area contributed by atoms with Gasteiger partial charge in [-0.25, -0.2) is 0 Å². The molecule has 30 heavy (non-hydrogen) atoms. The van der Waals surface area contributed by atoms with Gasteiger partial charge in [0.25, 0.3) is 0 Å². The third-order valence-corrected chi connectivity index (χ3v) is 6.24. The molecule has 0 unspecified atom stereocenters. The number of ether oxygens (including phenoxy) is 1. The van der Waals surface area contributed by atoms with Crippen molar-refractivity contribution in [3.8, 4) is 10.9 Å². The second-order valence-corrected chi connectivity index (χ2v) is 8.30. The fraction of sp³-hybridized carbons (Fsp3) is 0.409. The minimum Gasteiger partial charge on any atom is -0.494 e. The Morgan fingerprint density at radius 3 is 2.73 bits per heavy atom. The van der Waals surface area contributed by atoms with Crippen LogP contribution in [0.2, 0.25) is 0 Å². The van der Waals surface area contributed by atoms with E-state index in [2.05, 4.69) is 32.5 Å². The molecular weight excluding hydrogens is 398 g/mol. The van der Waals surface area contributed by atoms with Gasteiger partial charge in [0.2, 0.25) is 16.2 Å². The summed E-state index contributed by atoms with van der Waals surface area (Å²) in [5, 5.41) is 13.5. The maximum Gasteiger partial charge on any atom is 0.224 e. The zero-order valence-electron chi connectivity index (χ0n) is 17.2. The van der Waals surface area contributed by atoms with Crippen molar-refractivity contribution >= 4 is 22.4 Å². The zero-order valence-corrected chi connectivity index (χ0v) is 18.0. The van der Waals surface area contributed by atoms with Gasteiger partial charge in [-0.3, -0.25) is 9.36 Å². The Morgan fingerprint density at radius 2 is 1.97 bits per heavy atom. The van der Waals surface area contributed by atoms with Gasteiger partial charge in [-0.1, -0.05) is 23.5 Å². The Balaban J connectivity index is 1.27. The first kappa shape index (κ1) is 20.4. The highest BCUT2D eigenvalue weighted by Gasteiger charge is 2.27. The lowest BCUT2D eigenvalue weighted by Gasteiger charge is -2.31. The molecule has 1 fully saturated rings. The standard InChI is InChI=1S/C22H27N5O2S/c1-2-29-19-9-7-17(8-10-19)11-12-23-20(28)18-6-5-15-27(16-18)22-25-24-21(30-22)26-13-3-4-14-26/h3-4,7-10,13-14,18H,2,5-6,11-12,15-16H2,1H3,(H,23,28)/t18-/m1/s1. The number of nitrogens with zero attached hydrogens (tertiary/aromatic N) is 4. The fourth-order valence-corrected chi connectivity index (χ4v) is 4.51. The Bertz CT molecular complexity index is 939. The van der Waals surface area contributed by atoms with Crippen molar-refractivity contribution in [3.05, 3.63) is 54.4 Å². The molecule has 0 saturated carbocycles. The molecule has 0 radical (unpaired) electrons. The minimum absolute atomic E-state index is 0.0157. The molecule has 1 aromatic carbocycles. The molecule has 0 aliphatic carbocycles. The number of carbonyl (C=O) groups is 1. The molecule has 4 rings (SSSR count). The van der Waals surface area contributed by atoms with Crippen LogP contribution in [0.4, 0.5) is 5.13 Å². The van der Waals surface area contributed by atoms with Crippen LogP contribution >= 0.6 is 11.3 Å². The van der Waals surface area contributed by atoms with Crippen LogP contribution in [0.3, 0.4) is 0 Å². The van der Waals surface area contributed by atoms with E-state index in [0.717, 1.165) is 41.8 Å². The topological polar surface area (TPSA) is 72.3 Å². The lowest BCUT2D eigenvalue weighted by molar-refractivity contribution is -0.125. The van der Waals surface area contributed by atoms with Gasteiger partial charge in [0, 0.05) is 32.0 Å². The number of amides is 1. The van der Waals surface area contributed by atoms with Crippen molar-refractivity contribution in [3.63, 3.8) is 0 Å². The Kier molecular flexibility index (Phi) is 6.63. The van der Waals surface area contributed by atoms with E-state index in [1.54, 1.807) is 11.3 Å². The van der Waals surface area contributed by atoms with Crippen LogP contribution in [0.15, 0.2) is 48.8 Å². The summed E-state index contributed by atoms with van der Waals surface area (Å²) in [6.45, 7) is 4.88. The highest BCUT2D eigenvalue weighted by atomic mass is 32.1. The maximum atomic E-state index is 12.7. The second kappa shape index (κ2) is 9.75. The number of hydrogen-bond acceptors (Lipinski definition) is 6. The molecule has 1 amide bonds. The molecule has 0 bridgehead atoms. The van der Waals surface area contributed by atoms with E-state index in [-0.39, 0.29) is 11.8 Å². The van der Waals surface area contributed by atoms with Gasteiger partial charge < -0.3 is 15.0 Å². The van der Waals surface area contributed by atoms with Crippen LogP contribution in [-0.4, -0.2) is 46.9 Å². The molecule has 1 aliphatic rings. The largest absolute Gasteiger partial charge is 0.494 e. The summed E-state index contributed by atoms with van der Waals surface area (Å²) >= 11 is 1.56. The normalized spacial score (nSPS) is 16.4. The highest BCUT2D eigenvalue weighted by Crippen LogP contribution is 2.27. The Labute approximate surface area is 180 Å². The molecule has 1 saturated heterocycles. The minimum atomic E-state index is -0.0157. The number of piperidine rings is 1. The number of anilines is 1. The predicted octanol–water partition coefficient (Wildman–Crippen LogP) is 3.30. The first-order valence-corrected chi connectivity index (χ1v) is 11.3. The monoisotopic (exact) mass is 425 g/mol. The van der Waals surface area contributed by atoms with Crippen molar-refractivity contribution in [1.82, 2.24) is 20.1 Å². The highest BCUT2D eigenvalue weighted by molar-refractivity contribution is 7.17. The van der Waals surface area contributed by atoms with Crippen LogP contribution in [0.5, 0.6) is 5.75 Å². The second-order valence-electron chi connectivity index (χ2n) is 7.36. The predicted molar refractivity (Wildman–Crippen MR) is 118 cm³/mol. The molecule has 2 aromatic heterocycles. The lowest BCUT2D eigenvalue weighted by atomic mass is 9.97. The molecule has 3 aromatic rings. The molecule has 1 atom stereocenters. The van der Waals surface area contributed by atoms with Gasteiger partial charge in [-0.2, -0.15) is 0 Å². The Morgan fingerprint density at radius 1 is 1.20 bits per heavy atom. The van der Waals surface area contributed by atoms with E-state index < -0.39 is 0 Å². The summed E-state index contributed by atoms with van der Waals surface area (Å²) in [7, 11) is 0. The average Bonchev–Trinajstić information content (AvgIpc) is 3.47. The van der Waals surface area contributed by atoms with Crippen LogP contribution in [0, 0.1) is 5.92 Å². The van der Waals surface area contributed by atoms with Gasteiger partial charge >= 0.3 is 0 Å². The molecule has 1 N–H and O–H groups in total. The maximum absolute atomic E-state index is 12.7. The van der Waals surface area contributed by atoms with Crippen molar-refractivity contribution in [2.24, 2.45) is 5.92 Å². The van der Waals surface area contributed by atoms with E-state index in [4.69, 9.17) is 4.74 Å². The third kappa shape index (κ3) is 4.99. The molecule has 1 aliphatic heterocycles. The van der Waals surface area contributed by atoms with E-state index in [1.165, 1.54) is 5.56 Å². The van der Waals surface area contributed by atoms with Gasteiger partial charge in [0.15, 0.2) is 0 Å². The van der Waals surface area contributed by atoms with E-state index >= 15 is 0 Å². The Hall–Kier alpha value is -2.87. The molecule has 8 heteroatoms. The number of hydrogen-bond donors (Lipinski definition) is 1. The van der Waals surface area contributed by atoms with Crippen molar-refractivity contribution < 1.29 is 9.53 Å². The SMILES string of the molecule is CCOc1ccc(CCNC(=O)[C@@H]2CCCN(c3nnc(-n4cccc4)s3)C2)cc1. The summed E-state index contributed by atoms with van der Waals surface area (Å²) < 4.78 is 7.42. The quantitative estimate of drug-likeness (QED) is 0.600. The van der Waals surface area contributed by atoms with Crippen LogP contribution < -0.4 is 15.0 Å². The summed E-state index contributed by atoms with van der Waals surface area (Å²) in [5.74, 6) is 0.989.